The maximum Gasteiger partial charge on any atom is 0.229 e. The zero-order valence-corrected chi connectivity index (χ0v) is 30.5. The number of hydrogen-bond donors (Lipinski definition) is 1. The molecule has 0 unspecified atom stereocenters. The van der Waals surface area contributed by atoms with Gasteiger partial charge in [0.05, 0.1) is 11.3 Å². The molecule has 0 atom stereocenters. The van der Waals surface area contributed by atoms with Crippen LogP contribution in [0, 0.1) is 0 Å². The first-order chi connectivity index (χ1) is 24.9. The monoisotopic (exact) mass is 678 g/mol. The van der Waals surface area contributed by atoms with Crippen molar-refractivity contribution in [3.63, 3.8) is 0 Å². The van der Waals surface area contributed by atoms with Gasteiger partial charge in [-0.25, -0.2) is 4.98 Å². The molecule has 0 amide bonds. The van der Waals surface area contributed by atoms with Crippen molar-refractivity contribution < 1.29 is 9.52 Å². The number of phenols is 1. The summed E-state index contributed by atoms with van der Waals surface area (Å²) in [7, 11) is 0. The third-order valence-electron chi connectivity index (χ3n) is 9.99. The quantitative estimate of drug-likeness (QED) is 0.184. The van der Waals surface area contributed by atoms with Crippen LogP contribution in [0.4, 0.5) is 5.69 Å². The molecule has 0 saturated heterocycles. The Balaban J connectivity index is 1.31. The molecule has 0 radical (unpaired) electrons. The highest BCUT2D eigenvalue weighted by atomic mass is 16.3. The number of oxazole rings is 1. The average molecular weight is 679 g/mol. The summed E-state index contributed by atoms with van der Waals surface area (Å²) in [5, 5.41) is 15.3. The Kier molecular flexibility index (Phi) is 8.06. The third-order valence-corrected chi connectivity index (χ3v) is 9.99. The van der Waals surface area contributed by atoms with Gasteiger partial charge >= 0.3 is 0 Å². The van der Waals surface area contributed by atoms with Gasteiger partial charge in [0.1, 0.15) is 11.3 Å². The van der Waals surface area contributed by atoms with Gasteiger partial charge in [0.2, 0.25) is 5.89 Å². The van der Waals surface area contributed by atoms with Crippen molar-refractivity contribution in [2.24, 2.45) is 4.99 Å². The maximum atomic E-state index is 10.8. The number of rotatable bonds is 5. The first kappa shape index (κ1) is 33.2. The van der Waals surface area contributed by atoms with Crippen molar-refractivity contribution in [2.75, 3.05) is 0 Å². The molecule has 4 nitrogen and oxygen atoms in total. The van der Waals surface area contributed by atoms with Crippen LogP contribution in [-0.2, 0) is 10.8 Å². The number of phenolic OH excluding ortho intramolecular Hbond substituents is 1. The number of aromatic hydroxyl groups is 1. The Bertz CT molecular complexity index is 2660. The molecule has 4 heteroatoms. The lowest BCUT2D eigenvalue weighted by molar-refractivity contribution is 0.473. The van der Waals surface area contributed by atoms with Crippen LogP contribution in [0.5, 0.6) is 5.75 Å². The first-order valence-electron chi connectivity index (χ1n) is 17.9. The van der Waals surface area contributed by atoms with Crippen molar-refractivity contribution in [1.82, 2.24) is 4.98 Å². The number of hydrogen-bond acceptors (Lipinski definition) is 4. The summed E-state index contributed by atoms with van der Waals surface area (Å²) >= 11 is 0. The van der Waals surface area contributed by atoms with E-state index in [0.717, 1.165) is 55.4 Å². The zero-order valence-electron chi connectivity index (χ0n) is 30.5. The molecule has 52 heavy (non-hydrogen) atoms. The SMILES string of the molecule is CC(C)(C)c1ccc(O)c(C=Nc2c(-c3nc4c(-c5cccc(-c6cccc7ccccc67)c5)cc(C(C)(C)C)cc4o3)ccc3ccccc23)c1. The highest BCUT2D eigenvalue weighted by Gasteiger charge is 2.23. The molecule has 0 bridgehead atoms. The van der Waals surface area contributed by atoms with E-state index in [4.69, 9.17) is 14.4 Å². The minimum atomic E-state index is -0.120. The predicted octanol–water partition coefficient (Wildman–Crippen LogP) is 13.2. The van der Waals surface area contributed by atoms with Crippen LogP contribution in [-0.4, -0.2) is 16.3 Å². The van der Waals surface area contributed by atoms with Gasteiger partial charge in [-0.05, 0) is 91.2 Å². The molecule has 1 aromatic heterocycles. The van der Waals surface area contributed by atoms with Crippen LogP contribution in [0.15, 0.2) is 143 Å². The predicted molar refractivity (Wildman–Crippen MR) is 218 cm³/mol. The molecule has 0 aliphatic carbocycles. The van der Waals surface area contributed by atoms with Crippen molar-refractivity contribution in [3.8, 4) is 39.5 Å². The molecule has 0 saturated carbocycles. The Morgan fingerprint density at radius 1 is 0.577 bits per heavy atom. The Morgan fingerprint density at radius 3 is 1.98 bits per heavy atom. The van der Waals surface area contributed by atoms with Gasteiger partial charge in [0.15, 0.2) is 5.58 Å². The number of fused-ring (bicyclic) bond motifs is 3. The molecule has 7 aromatic carbocycles. The van der Waals surface area contributed by atoms with Gasteiger partial charge in [-0.15, -0.1) is 0 Å². The molecule has 8 rings (SSSR count). The lowest BCUT2D eigenvalue weighted by Crippen LogP contribution is -2.11. The lowest BCUT2D eigenvalue weighted by atomic mass is 9.84. The molecule has 1 N–H and O–H groups in total. The van der Waals surface area contributed by atoms with Crippen molar-refractivity contribution in [3.05, 3.63) is 150 Å². The van der Waals surface area contributed by atoms with E-state index in [-0.39, 0.29) is 16.6 Å². The Labute approximate surface area is 305 Å². The van der Waals surface area contributed by atoms with Crippen LogP contribution in [0.25, 0.3) is 66.4 Å². The molecule has 1 heterocycles. The molecule has 0 aliphatic rings. The summed E-state index contributed by atoms with van der Waals surface area (Å²) < 4.78 is 6.72. The van der Waals surface area contributed by atoms with Crippen molar-refractivity contribution >= 4 is 44.5 Å². The highest BCUT2D eigenvalue weighted by Crippen LogP contribution is 2.42. The Hall–Kier alpha value is -6.00. The largest absolute Gasteiger partial charge is 0.507 e. The third kappa shape index (κ3) is 6.15. The fourth-order valence-electron chi connectivity index (χ4n) is 6.95. The van der Waals surface area contributed by atoms with Crippen molar-refractivity contribution in [2.45, 2.75) is 52.4 Å². The summed E-state index contributed by atoms with van der Waals surface area (Å²) in [6, 6.07) is 46.2. The van der Waals surface area contributed by atoms with E-state index >= 15 is 0 Å². The molecule has 0 spiro atoms. The van der Waals surface area contributed by atoms with E-state index in [0.29, 0.717) is 11.5 Å². The molecular weight excluding hydrogens is 637 g/mol. The molecule has 256 valence electrons. The second kappa shape index (κ2) is 12.6. The minimum Gasteiger partial charge on any atom is -0.507 e. The fourth-order valence-corrected chi connectivity index (χ4v) is 6.95. The van der Waals surface area contributed by atoms with Gasteiger partial charge in [0, 0.05) is 22.7 Å². The van der Waals surface area contributed by atoms with Gasteiger partial charge in [-0.1, -0.05) is 139 Å². The van der Waals surface area contributed by atoms with Gasteiger partial charge in [-0.2, -0.15) is 0 Å². The van der Waals surface area contributed by atoms with E-state index in [1.54, 1.807) is 12.3 Å². The summed E-state index contributed by atoms with van der Waals surface area (Å²) in [5.41, 5.74) is 10.2. The summed E-state index contributed by atoms with van der Waals surface area (Å²) in [6.07, 6.45) is 1.75. The number of benzene rings is 7. The standard InChI is InChI=1S/C48H42N2O2/c1-47(2,3)35-22-24-42(51)34(26-35)29-49-44-39-19-10-8-14-31(39)21-23-40(44)46-50-45-41(27-36(48(4,5)6)28-43(45)52-46)33-17-11-16-32(25-33)38-20-12-15-30-13-7-9-18-37(30)38/h7-29,51H,1-6H3. The second-order valence-corrected chi connectivity index (χ2v) is 15.7. The van der Waals surface area contributed by atoms with E-state index in [1.165, 1.54) is 21.9 Å². The van der Waals surface area contributed by atoms with Crippen LogP contribution >= 0.6 is 0 Å². The average Bonchev–Trinajstić information content (AvgIpc) is 3.57. The second-order valence-electron chi connectivity index (χ2n) is 15.7. The number of aliphatic imine (C=N–C) groups is 1. The number of aromatic nitrogens is 1. The summed E-state index contributed by atoms with van der Waals surface area (Å²) in [5.74, 6) is 0.684. The van der Waals surface area contributed by atoms with Crippen molar-refractivity contribution in [1.29, 1.82) is 0 Å². The van der Waals surface area contributed by atoms with Crippen LogP contribution < -0.4 is 0 Å². The first-order valence-corrected chi connectivity index (χ1v) is 17.9. The fraction of sp³-hybridized carbons (Fsp3) is 0.167. The minimum absolute atomic E-state index is 0.0723. The maximum absolute atomic E-state index is 10.8. The van der Waals surface area contributed by atoms with E-state index < -0.39 is 0 Å². The summed E-state index contributed by atoms with van der Waals surface area (Å²) in [6.45, 7) is 13.2. The van der Waals surface area contributed by atoms with Crippen LogP contribution in [0.2, 0.25) is 0 Å². The number of nitrogens with zero attached hydrogens (tertiary/aromatic N) is 2. The summed E-state index contributed by atoms with van der Waals surface area (Å²) in [4.78, 5) is 10.3. The molecule has 0 fully saturated rings. The van der Waals surface area contributed by atoms with E-state index in [2.05, 4.69) is 139 Å². The zero-order chi connectivity index (χ0) is 36.2. The van der Waals surface area contributed by atoms with Gasteiger partial charge in [0.25, 0.3) is 0 Å². The topological polar surface area (TPSA) is 58.6 Å². The highest BCUT2D eigenvalue weighted by molar-refractivity contribution is 6.03. The van der Waals surface area contributed by atoms with E-state index in [9.17, 15) is 5.11 Å². The molecule has 8 aromatic rings. The van der Waals surface area contributed by atoms with Crippen LogP contribution in [0.1, 0.15) is 58.2 Å². The normalized spacial score (nSPS) is 12.4. The molecule has 0 aliphatic heterocycles. The molecular formula is C48H42N2O2. The van der Waals surface area contributed by atoms with E-state index in [1.807, 2.05) is 30.3 Å². The van der Waals surface area contributed by atoms with Gasteiger partial charge in [-0.3, -0.25) is 4.99 Å². The lowest BCUT2D eigenvalue weighted by Gasteiger charge is -2.20. The Morgan fingerprint density at radius 2 is 1.23 bits per heavy atom. The smallest absolute Gasteiger partial charge is 0.229 e. The van der Waals surface area contributed by atoms with Crippen LogP contribution in [0.3, 0.4) is 0 Å². The van der Waals surface area contributed by atoms with Gasteiger partial charge < -0.3 is 9.52 Å².